The van der Waals surface area contributed by atoms with Gasteiger partial charge >= 0.3 is 0 Å². The lowest BCUT2D eigenvalue weighted by molar-refractivity contribution is 0.613. The standard InChI is InChI=1S/C14H12FN3/c1-9-11-4-2-3-5-13(11)18(17-9)14-8-10(16)6-7-12(14)15/h2-8H,16H2,1H3. The van der Waals surface area contributed by atoms with Gasteiger partial charge in [-0.2, -0.15) is 5.10 Å². The zero-order valence-corrected chi connectivity index (χ0v) is 9.89. The van der Waals surface area contributed by atoms with Crippen LogP contribution in [0, 0.1) is 12.7 Å². The average molecular weight is 241 g/mol. The number of para-hydroxylation sites is 1. The molecule has 0 aliphatic rings. The van der Waals surface area contributed by atoms with Gasteiger partial charge < -0.3 is 5.73 Å². The normalized spacial score (nSPS) is 11.0. The second-order valence-corrected chi connectivity index (χ2v) is 4.23. The first-order valence-corrected chi connectivity index (χ1v) is 5.66. The lowest BCUT2D eigenvalue weighted by Gasteiger charge is -2.05. The van der Waals surface area contributed by atoms with Crippen LogP contribution in [0.1, 0.15) is 5.69 Å². The number of halogens is 1. The van der Waals surface area contributed by atoms with E-state index in [1.54, 1.807) is 10.7 Å². The summed E-state index contributed by atoms with van der Waals surface area (Å²) in [6.07, 6.45) is 0. The molecule has 0 unspecified atom stereocenters. The fourth-order valence-corrected chi connectivity index (χ4v) is 2.10. The van der Waals surface area contributed by atoms with Crippen LogP contribution in [0.5, 0.6) is 0 Å². The summed E-state index contributed by atoms with van der Waals surface area (Å²) in [5.41, 5.74) is 8.34. The van der Waals surface area contributed by atoms with Crippen LogP contribution in [0.15, 0.2) is 42.5 Å². The molecule has 0 saturated heterocycles. The maximum absolute atomic E-state index is 13.9. The van der Waals surface area contributed by atoms with E-state index in [0.29, 0.717) is 11.4 Å². The molecule has 1 aromatic heterocycles. The maximum atomic E-state index is 13.9. The third-order valence-corrected chi connectivity index (χ3v) is 2.97. The van der Waals surface area contributed by atoms with Crippen LogP contribution in [0.3, 0.4) is 0 Å². The van der Waals surface area contributed by atoms with E-state index < -0.39 is 0 Å². The van der Waals surface area contributed by atoms with Crippen LogP contribution in [-0.4, -0.2) is 9.78 Å². The first kappa shape index (κ1) is 10.8. The second kappa shape index (κ2) is 3.84. The lowest BCUT2D eigenvalue weighted by Crippen LogP contribution is -2.01. The van der Waals surface area contributed by atoms with Gasteiger partial charge in [0.2, 0.25) is 0 Å². The second-order valence-electron chi connectivity index (χ2n) is 4.23. The zero-order chi connectivity index (χ0) is 12.7. The minimum Gasteiger partial charge on any atom is -0.399 e. The van der Waals surface area contributed by atoms with Crippen LogP contribution in [0.4, 0.5) is 10.1 Å². The molecule has 18 heavy (non-hydrogen) atoms. The van der Waals surface area contributed by atoms with E-state index in [0.717, 1.165) is 16.6 Å². The molecule has 0 aliphatic heterocycles. The highest BCUT2D eigenvalue weighted by atomic mass is 19.1. The molecule has 90 valence electrons. The molecule has 3 rings (SSSR count). The van der Waals surface area contributed by atoms with E-state index in [1.165, 1.54) is 12.1 Å². The van der Waals surface area contributed by atoms with Gasteiger partial charge in [0.15, 0.2) is 0 Å². The first-order valence-electron chi connectivity index (χ1n) is 5.66. The highest BCUT2D eigenvalue weighted by Crippen LogP contribution is 2.24. The molecule has 3 nitrogen and oxygen atoms in total. The molecule has 0 bridgehead atoms. The summed E-state index contributed by atoms with van der Waals surface area (Å²) in [6.45, 7) is 1.91. The van der Waals surface area contributed by atoms with Gasteiger partial charge in [-0.3, -0.25) is 0 Å². The van der Waals surface area contributed by atoms with Crippen molar-refractivity contribution in [1.82, 2.24) is 9.78 Å². The average Bonchev–Trinajstić information content (AvgIpc) is 2.71. The summed E-state index contributed by atoms with van der Waals surface area (Å²) < 4.78 is 15.5. The van der Waals surface area contributed by atoms with E-state index in [-0.39, 0.29) is 5.82 Å². The highest BCUT2D eigenvalue weighted by molar-refractivity contribution is 5.83. The van der Waals surface area contributed by atoms with E-state index in [2.05, 4.69) is 5.10 Å². The number of nitrogen functional groups attached to an aromatic ring is 1. The monoisotopic (exact) mass is 241 g/mol. The molecule has 0 fully saturated rings. The van der Waals surface area contributed by atoms with Gasteiger partial charge in [0.1, 0.15) is 11.5 Å². The molecule has 2 aromatic carbocycles. The third kappa shape index (κ3) is 1.54. The van der Waals surface area contributed by atoms with Crippen LogP contribution < -0.4 is 5.73 Å². The van der Waals surface area contributed by atoms with Crippen LogP contribution in [0.25, 0.3) is 16.6 Å². The molecular formula is C14H12FN3. The van der Waals surface area contributed by atoms with Crippen molar-refractivity contribution >= 4 is 16.6 Å². The number of aryl methyl sites for hydroxylation is 1. The Labute approximate surface area is 104 Å². The minimum absolute atomic E-state index is 0.336. The molecule has 3 aromatic rings. The van der Waals surface area contributed by atoms with Crippen molar-refractivity contribution in [2.75, 3.05) is 5.73 Å². The zero-order valence-electron chi connectivity index (χ0n) is 9.89. The van der Waals surface area contributed by atoms with Crippen molar-refractivity contribution in [3.8, 4) is 5.69 Å². The van der Waals surface area contributed by atoms with E-state index in [4.69, 9.17) is 5.73 Å². The fraction of sp³-hybridized carbons (Fsp3) is 0.0714. The summed E-state index contributed by atoms with van der Waals surface area (Å²) in [4.78, 5) is 0. The van der Waals surface area contributed by atoms with E-state index >= 15 is 0 Å². The topological polar surface area (TPSA) is 43.8 Å². The van der Waals surface area contributed by atoms with Gasteiger partial charge in [0.05, 0.1) is 11.2 Å². The van der Waals surface area contributed by atoms with E-state index in [1.807, 2.05) is 31.2 Å². The number of aromatic nitrogens is 2. The molecule has 4 heteroatoms. The number of hydrogen-bond donors (Lipinski definition) is 1. The number of nitrogens with two attached hydrogens (primary N) is 1. The van der Waals surface area contributed by atoms with Crippen molar-refractivity contribution in [3.63, 3.8) is 0 Å². The third-order valence-electron chi connectivity index (χ3n) is 2.97. The van der Waals surface area contributed by atoms with Gasteiger partial charge in [-0.1, -0.05) is 18.2 Å². The molecule has 0 aliphatic carbocycles. The number of fused-ring (bicyclic) bond motifs is 1. The van der Waals surface area contributed by atoms with Gasteiger partial charge in [0.25, 0.3) is 0 Å². The molecule has 0 saturated carbocycles. The smallest absolute Gasteiger partial charge is 0.149 e. The summed E-state index contributed by atoms with van der Waals surface area (Å²) in [5.74, 6) is -0.336. The number of anilines is 1. The molecule has 0 amide bonds. The predicted molar refractivity (Wildman–Crippen MR) is 70.2 cm³/mol. The molecular weight excluding hydrogens is 229 g/mol. The highest BCUT2D eigenvalue weighted by Gasteiger charge is 2.11. The summed E-state index contributed by atoms with van der Waals surface area (Å²) in [5, 5.41) is 5.40. The summed E-state index contributed by atoms with van der Waals surface area (Å²) in [7, 11) is 0. The number of benzene rings is 2. The van der Waals surface area contributed by atoms with Crippen LogP contribution in [-0.2, 0) is 0 Å². The predicted octanol–water partition coefficient (Wildman–Crippen LogP) is 3.06. The van der Waals surface area contributed by atoms with Crippen LogP contribution >= 0.6 is 0 Å². The Morgan fingerprint density at radius 2 is 1.94 bits per heavy atom. The molecule has 2 N–H and O–H groups in total. The largest absolute Gasteiger partial charge is 0.399 e. The van der Waals surface area contributed by atoms with Crippen LogP contribution in [0.2, 0.25) is 0 Å². The van der Waals surface area contributed by atoms with E-state index in [9.17, 15) is 4.39 Å². The summed E-state index contributed by atoms with van der Waals surface area (Å²) in [6, 6.07) is 12.2. The Morgan fingerprint density at radius 1 is 1.17 bits per heavy atom. The molecule has 0 atom stereocenters. The Kier molecular flexibility index (Phi) is 2.30. The number of nitrogens with zero attached hydrogens (tertiary/aromatic N) is 2. The Hall–Kier alpha value is -2.36. The van der Waals surface area contributed by atoms with Gasteiger partial charge in [-0.15, -0.1) is 0 Å². The Balaban J connectivity index is 2.35. The van der Waals surface area contributed by atoms with Crippen molar-refractivity contribution < 1.29 is 4.39 Å². The molecule has 1 heterocycles. The molecule has 0 radical (unpaired) electrons. The lowest BCUT2D eigenvalue weighted by atomic mass is 10.2. The Bertz CT molecular complexity index is 731. The van der Waals surface area contributed by atoms with Crippen molar-refractivity contribution in [2.45, 2.75) is 6.92 Å². The van der Waals surface area contributed by atoms with Gasteiger partial charge in [-0.25, -0.2) is 9.07 Å². The number of rotatable bonds is 1. The Morgan fingerprint density at radius 3 is 2.78 bits per heavy atom. The first-order chi connectivity index (χ1) is 8.66. The minimum atomic E-state index is -0.336. The van der Waals surface area contributed by atoms with Crippen molar-refractivity contribution in [2.24, 2.45) is 0 Å². The van der Waals surface area contributed by atoms with Gasteiger partial charge in [-0.05, 0) is 31.2 Å². The van der Waals surface area contributed by atoms with Gasteiger partial charge in [0, 0.05) is 11.1 Å². The van der Waals surface area contributed by atoms with Crippen molar-refractivity contribution in [3.05, 3.63) is 54.0 Å². The maximum Gasteiger partial charge on any atom is 0.149 e. The van der Waals surface area contributed by atoms with Crippen molar-refractivity contribution in [1.29, 1.82) is 0 Å². The number of hydrogen-bond acceptors (Lipinski definition) is 2. The fourth-order valence-electron chi connectivity index (χ4n) is 2.10. The summed E-state index contributed by atoms with van der Waals surface area (Å²) >= 11 is 0. The quantitative estimate of drug-likeness (QED) is 0.665. The molecule has 0 spiro atoms. The SMILES string of the molecule is Cc1nn(-c2cc(N)ccc2F)c2ccccc12.